The highest BCUT2D eigenvalue weighted by Crippen LogP contribution is 2.17. The SMILES string of the molecule is Cc1cccn2c(=O)cc(CN(CCCO)CC(C)(C)C)nc12. The third-order valence-electron chi connectivity index (χ3n) is 3.66. The quantitative estimate of drug-likeness (QED) is 0.887. The van der Waals surface area contributed by atoms with Crippen molar-refractivity contribution in [1.29, 1.82) is 0 Å². The number of aliphatic hydroxyl groups excluding tert-OH is 1. The zero-order chi connectivity index (χ0) is 17.0. The number of aromatic nitrogens is 2. The molecule has 5 heteroatoms. The van der Waals surface area contributed by atoms with Crippen LogP contribution in [0.4, 0.5) is 0 Å². The van der Waals surface area contributed by atoms with Crippen molar-refractivity contribution in [3.63, 3.8) is 0 Å². The molecular weight excluding hydrogens is 290 g/mol. The second-order valence-corrected chi connectivity index (χ2v) is 7.32. The molecule has 2 rings (SSSR count). The first-order valence-corrected chi connectivity index (χ1v) is 8.11. The minimum atomic E-state index is -0.0495. The van der Waals surface area contributed by atoms with Gasteiger partial charge < -0.3 is 5.11 Å². The standard InChI is InChI=1S/C18H27N3O2/c1-14-7-5-9-21-16(23)11-15(19-17(14)21)12-20(8-6-10-22)13-18(2,3)4/h5,7,9,11,22H,6,8,10,12-13H2,1-4H3. The number of fused-ring (bicyclic) bond motifs is 1. The topological polar surface area (TPSA) is 57.8 Å². The Hall–Kier alpha value is -1.72. The molecule has 0 aliphatic heterocycles. The van der Waals surface area contributed by atoms with E-state index in [-0.39, 0.29) is 17.6 Å². The van der Waals surface area contributed by atoms with E-state index >= 15 is 0 Å². The van der Waals surface area contributed by atoms with Gasteiger partial charge in [0.1, 0.15) is 5.65 Å². The van der Waals surface area contributed by atoms with Gasteiger partial charge in [-0.1, -0.05) is 26.8 Å². The molecule has 0 unspecified atom stereocenters. The first-order chi connectivity index (χ1) is 10.8. The molecular formula is C18H27N3O2. The summed E-state index contributed by atoms with van der Waals surface area (Å²) >= 11 is 0. The van der Waals surface area contributed by atoms with Gasteiger partial charge in [-0.3, -0.25) is 14.1 Å². The van der Waals surface area contributed by atoms with Crippen LogP contribution < -0.4 is 5.56 Å². The molecule has 0 spiro atoms. The number of aliphatic hydroxyl groups is 1. The highest BCUT2D eigenvalue weighted by molar-refractivity contribution is 5.46. The molecule has 2 aromatic heterocycles. The van der Waals surface area contributed by atoms with Crippen LogP contribution in [-0.2, 0) is 6.54 Å². The Bertz CT molecular complexity index is 716. The van der Waals surface area contributed by atoms with Crippen LogP contribution in [0.3, 0.4) is 0 Å². The van der Waals surface area contributed by atoms with E-state index in [1.54, 1.807) is 16.7 Å². The van der Waals surface area contributed by atoms with Gasteiger partial charge in [-0.15, -0.1) is 0 Å². The van der Waals surface area contributed by atoms with Gasteiger partial charge in [-0.25, -0.2) is 4.98 Å². The summed E-state index contributed by atoms with van der Waals surface area (Å²) in [6, 6.07) is 5.43. The Kier molecular flexibility index (Phi) is 5.55. The predicted octanol–water partition coefficient (Wildman–Crippen LogP) is 2.23. The molecule has 0 aliphatic rings. The first-order valence-electron chi connectivity index (χ1n) is 8.11. The molecule has 0 saturated heterocycles. The molecule has 0 saturated carbocycles. The summed E-state index contributed by atoms with van der Waals surface area (Å²) in [7, 11) is 0. The van der Waals surface area contributed by atoms with Gasteiger partial charge in [0, 0.05) is 38.5 Å². The molecule has 0 bridgehead atoms. The fourth-order valence-electron chi connectivity index (χ4n) is 2.80. The smallest absolute Gasteiger partial charge is 0.258 e. The van der Waals surface area contributed by atoms with Crippen LogP contribution >= 0.6 is 0 Å². The second kappa shape index (κ2) is 7.23. The fourth-order valence-corrected chi connectivity index (χ4v) is 2.80. The number of rotatable bonds is 6. The molecule has 2 aromatic rings. The fraction of sp³-hybridized carbons (Fsp3) is 0.556. The monoisotopic (exact) mass is 317 g/mol. The summed E-state index contributed by atoms with van der Waals surface area (Å²) < 4.78 is 1.58. The summed E-state index contributed by atoms with van der Waals surface area (Å²) in [6.45, 7) is 11.0. The Labute approximate surface area is 137 Å². The van der Waals surface area contributed by atoms with E-state index in [1.165, 1.54) is 0 Å². The van der Waals surface area contributed by atoms with Crippen molar-refractivity contribution in [2.24, 2.45) is 5.41 Å². The molecule has 0 aromatic carbocycles. The summed E-state index contributed by atoms with van der Waals surface area (Å²) in [4.78, 5) is 19.2. The molecule has 23 heavy (non-hydrogen) atoms. The van der Waals surface area contributed by atoms with Gasteiger partial charge in [0.2, 0.25) is 0 Å². The van der Waals surface area contributed by atoms with Gasteiger partial charge >= 0.3 is 0 Å². The van der Waals surface area contributed by atoms with Crippen molar-refractivity contribution in [3.8, 4) is 0 Å². The van der Waals surface area contributed by atoms with E-state index in [0.717, 1.165) is 30.8 Å². The molecule has 0 fully saturated rings. The van der Waals surface area contributed by atoms with Gasteiger partial charge in [-0.2, -0.15) is 0 Å². The molecule has 126 valence electrons. The lowest BCUT2D eigenvalue weighted by Gasteiger charge is -2.29. The van der Waals surface area contributed by atoms with Crippen molar-refractivity contribution >= 4 is 5.65 Å². The van der Waals surface area contributed by atoms with Crippen LogP contribution in [0, 0.1) is 12.3 Å². The van der Waals surface area contributed by atoms with E-state index < -0.39 is 0 Å². The summed E-state index contributed by atoms with van der Waals surface area (Å²) in [6.07, 6.45) is 2.47. The van der Waals surface area contributed by atoms with Gasteiger partial charge in [0.15, 0.2) is 0 Å². The lowest BCUT2D eigenvalue weighted by molar-refractivity contribution is 0.164. The Morgan fingerprint density at radius 3 is 2.74 bits per heavy atom. The molecule has 2 heterocycles. The van der Waals surface area contributed by atoms with Crippen molar-refractivity contribution < 1.29 is 5.11 Å². The molecule has 0 atom stereocenters. The van der Waals surface area contributed by atoms with Crippen LogP contribution in [0.5, 0.6) is 0 Å². The van der Waals surface area contributed by atoms with Crippen molar-refractivity contribution in [3.05, 3.63) is 46.0 Å². The molecule has 0 radical (unpaired) electrons. The molecule has 0 amide bonds. The largest absolute Gasteiger partial charge is 0.396 e. The first kappa shape index (κ1) is 17.6. The highest BCUT2D eigenvalue weighted by Gasteiger charge is 2.17. The summed E-state index contributed by atoms with van der Waals surface area (Å²) in [5, 5.41) is 9.11. The van der Waals surface area contributed by atoms with Crippen molar-refractivity contribution in [1.82, 2.24) is 14.3 Å². The summed E-state index contributed by atoms with van der Waals surface area (Å²) in [5.41, 5.74) is 2.59. The van der Waals surface area contributed by atoms with E-state index in [0.29, 0.717) is 12.2 Å². The lowest BCUT2D eigenvalue weighted by atomic mass is 9.96. The van der Waals surface area contributed by atoms with Crippen LogP contribution in [0.2, 0.25) is 0 Å². The summed E-state index contributed by atoms with van der Waals surface area (Å²) in [5.74, 6) is 0. The van der Waals surface area contributed by atoms with Gasteiger partial charge in [-0.05, 0) is 30.4 Å². The second-order valence-electron chi connectivity index (χ2n) is 7.32. The number of nitrogens with zero attached hydrogens (tertiary/aromatic N) is 3. The minimum Gasteiger partial charge on any atom is -0.396 e. The number of pyridine rings is 1. The zero-order valence-corrected chi connectivity index (χ0v) is 14.5. The maximum Gasteiger partial charge on any atom is 0.258 e. The van der Waals surface area contributed by atoms with Crippen molar-refractivity contribution in [2.45, 2.75) is 40.7 Å². The third-order valence-corrected chi connectivity index (χ3v) is 3.66. The normalized spacial score (nSPS) is 12.3. The maximum atomic E-state index is 12.3. The number of hydrogen-bond acceptors (Lipinski definition) is 4. The maximum absolute atomic E-state index is 12.3. The molecule has 0 aliphatic carbocycles. The van der Waals surface area contributed by atoms with E-state index in [9.17, 15) is 4.79 Å². The highest BCUT2D eigenvalue weighted by atomic mass is 16.3. The Morgan fingerprint density at radius 2 is 2.09 bits per heavy atom. The lowest BCUT2D eigenvalue weighted by Crippen LogP contribution is -2.34. The zero-order valence-electron chi connectivity index (χ0n) is 14.5. The van der Waals surface area contributed by atoms with E-state index in [1.807, 2.05) is 19.1 Å². The Morgan fingerprint density at radius 1 is 1.35 bits per heavy atom. The average Bonchev–Trinajstić information content (AvgIpc) is 2.44. The van der Waals surface area contributed by atoms with Crippen molar-refractivity contribution in [2.75, 3.05) is 19.7 Å². The molecule has 1 N–H and O–H groups in total. The van der Waals surface area contributed by atoms with E-state index in [2.05, 4.69) is 30.7 Å². The van der Waals surface area contributed by atoms with E-state index in [4.69, 9.17) is 5.11 Å². The number of aryl methyl sites for hydroxylation is 1. The van der Waals surface area contributed by atoms with Gasteiger partial charge in [0.25, 0.3) is 5.56 Å². The van der Waals surface area contributed by atoms with Crippen LogP contribution in [0.1, 0.15) is 38.4 Å². The Balaban J connectivity index is 2.30. The minimum absolute atomic E-state index is 0.0495. The van der Waals surface area contributed by atoms with Gasteiger partial charge in [0.05, 0.1) is 5.69 Å². The van der Waals surface area contributed by atoms with Crippen LogP contribution in [0.15, 0.2) is 29.2 Å². The number of hydrogen-bond donors (Lipinski definition) is 1. The average molecular weight is 317 g/mol. The predicted molar refractivity (Wildman–Crippen MR) is 92.6 cm³/mol. The molecule has 5 nitrogen and oxygen atoms in total. The third kappa shape index (κ3) is 4.88. The van der Waals surface area contributed by atoms with Crippen LogP contribution in [-0.4, -0.2) is 39.1 Å². The van der Waals surface area contributed by atoms with Crippen LogP contribution in [0.25, 0.3) is 5.65 Å².